The first-order chi connectivity index (χ1) is 6.62. The van der Waals surface area contributed by atoms with Crippen LogP contribution in [-0.2, 0) is 5.54 Å². The number of benzene rings is 1. The van der Waals surface area contributed by atoms with Gasteiger partial charge in [0.2, 0.25) is 0 Å². The fourth-order valence-corrected chi connectivity index (χ4v) is 1.74. The van der Waals surface area contributed by atoms with Crippen molar-refractivity contribution in [2.75, 3.05) is 0 Å². The summed E-state index contributed by atoms with van der Waals surface area (Å²) in [4.78, 5) is 10.8. The number of nitrogens with two attached hydrogens (primary N) is 1. The molecule has 1 aromatic carbocycles. The average Bonchev–Trinajstić information content (AvgIpc) is 2.85. The van der Waals surface area contributed by atoms with Crippen molar-refractivity contribution >= 4 is 17.6 Å². The van der Waals surface area contributed by atoms with E-state index in [1.54, 1.807) is 0 Å². The molecule has 0 spiro atoms. The summed E-state index contributed by atoms with van der Waals surface area (Å²) in [5, 5.41) is 3.46. The van der Waals surface area contributed by atoms with Crippen LogP contribution in [0.3, 0.4) is 0 Å². The lowest BCUT2D eigenvalue weighted by Crippen LogP contribution is -2.38. The molecule has 0 atom stereocenters. The fourth-order valence-electron chi connectivity index (χ4n) is 1.62. The van der Waals surface area contributed by atoms with Crippen LogP contribution in [0.5, 0.6) is 0 Å². The van der Waals surface area contributed by atoms with Gasteiger partial charge in [0, 0.05) is 5.02 Å². The first-order valence-electron chi connectivity index (χ1n) is 4.46. The molecule has 1 saturated carbocycles. The number of carbonyl (C=O) groups is 1. The van der Waals surface area contributed by atoms with E-state index >= 15 is 0 Å². The van der Waals surface area contributed by atoms with Crippen molar-refractivity contribution in [2.45, 2.75) is 18.4 Å². The van der Waals surface area contributed by atoms with Gasteiger partial charge in [-0.25, -0.2) is 4.79 Å². The monoisotopic (exact) mass is 210 g/mol. The quantitative estimate of drug-likeness (QED) is 0.771. The van der Waals surface area contributed by atoms with E-state index in [1.165, 1.54) is 0 Å². The molecule has 0 bridgehead atoms. The lowest BCUT2D eigenvalue weighted by atomic mass is 10.1. The van der Waals surface area contributed by atoms with Gasteiger partial charge in [-0.15, -0.1) is 0 Å². The van der Waals surface area contributed by atoms with Crippen molar-refractivity contribution in [1.82, 2.24) is 5.32 Å². The highest BCUT2D eigenvalue weighted by atomic mass is 35.5. The van der Waals surface area contributed by atoms with Crippen LogP contribution in [0.4, 0.5) is 4.79 Å². The topological polar surface area (TPSA) is 55.1 Å². The van der Waals surface area contributed by atoms with E-state index < -0.39 is 6.03 Å². The molecule has 0 aromatic heterocycles. The van der Waals surface area contributed by atoms with Crippen LogP contribution >= 0.6 is 11.6 Å². The number of amides is 2. The zero-order valence-electron chi connectivity index (χ0n) is 7.59. The van der Waals surface area contributed by atoms with Crippen LogP contribution in [0, 0.1) is 0 Å². The Kier molecular flexibility index (Phi) is 2.11. The molecule has 3 N–H and O–H groups in total. The predicted octanol–water partition coefficient (Wildman–Crippen LogP) is 2.00. The van der Waals surface area contributed by atoms with Gasteiger partial charge in [0.05, 0.1) is 5.54 Å². The van der Waals surface area contributed by atoms with Crippen LogP contribution in [0.25, 0.3) is 0 Å². The second-order valence-corrected chi connectivity index (χ2v) is 4.01. The maximum atomic E-state index is 10.8. The van der Waals surface area contributed by atoms with Crippen molar-refractivity contribution in [1.29, 1.82) is 0 Å². The zero-order valence-corrected chi connectivity index (χ0v) is 8.34. The Bertz CT molecular complexity index is 357. The first kappa shape index (κ1) is 9.34. The number of rotatable bonds is 2. The lowest BCUT2D eigenvalue weighted by molar-refractivity contribution is 0.244. The minimum atomic E-state index is -0.475. The van der Waals surface area contributed by atoms with Gasteiger partial charge in [0.1, 0.15) is 0 Å². The SMILES string of the molecule is NC(=O)NC1(c2ccc(Cl)cc2)CC1. The summed E-state index contributed by atoms with van der Waals surface area (Å²) in [6, 6.07) is 7.01. The van der Waals surface area contributed by atoms with Crippen LogP contribution in [-0.4, -0.2) is 6.03 Å². The average molecular weight is 211 g/mol. The van der Waals surface area contributed by atoms with Crippen molar-refractivity contribution in [3.63, 3.8) is 0 Å². The zero-order chi connectivity index (χ0) is 10.2. The largest absolute Gasteiger partial charge is 0.352 e. The second kappa shape index (κ2) is 3.17. The van der Waals surface area contributed by atoms with Gasteiger partial charge >= 0.3 is 6.03 Å². The Hall–Kier alpha value is -1.22. The van der Waals surface area contributed by atoms with Crippen LogP contribution in [0.1, 0.15) is 18.4 Å². The summed E-state index contributed by atoms with van der Waals surface area (Å²) < 4.78 is 0. The molecular formula is C10H11ClN2O. The number of nitrogens with one attached hydrogen (secondary N) is 1. The number of halogens is 1. The van der Waals surface area contributed by atoms with Gasteiger partial charge in [-0.05, 0) is 30.5 Å². The van der Waals surface area contributed by atoms with E-state index in [-0.39, 0.29) is 5.54 Å². The third kappa shape index (κ3) is 1.68. The number of urea groups is 1. The molecule has 0 heterocycles. The summed E-state index contributed by atoms with van der Waals surface area (Å²) in [5.74, 6) is 0. The number of carbonyl (C=O) groups excluding carboxylic acids is 1. The number of hydrogen-bond donors (Lipinski definition) is 2. The Morgan fingerprint density at radius 1 is 1.36 bits per heavy atom. The van der Waals surface area contributed by atoms with Crippen molar-refractivity contribution in [3.05, 3.63) is 34.9 Å². The van der Waals surface area contributed by atoms with Crippen molar-refractivity contribution in [3.8, 4) is 0 Å². The molecule has 4 heteroatoms. The molecule has 0 radical (unpaired) electrons. The lowest BCUT2D eigenvalue weighted by Gasteiger charge is -2.16. The molecule has 1 aliphatic rings. The minimum Gasteiger partial charge on any atom is -0.352 e. The third-order valence-electron chi connectivity index (χ3n) is 2.51. The van der Waals surface area contributed by atoms with Crippen LogP contribution in [0.2, 0.25) is 5.02 Å². The summed E-state index contributed by atoms with van der Waals surface area (Å²) in [7, 11) is 0. The molecule has 2 rings (SSSR count). The van der Waals surface area contributed by atoms with E-state index in [2.05, 4.69) is 5.32 Å². The van der Waals surface area contributed by atoms with Crippen molar-refractivity contribution in [2.24, 2.45) is 5.73 Å². The molecule has 0 saturated heterocycles. The minimum absolute atomic E-state index is 0.226. The molecule has 1 fully saturated rings. The molecule has 14 heavy (non-hydrogen) atoms. The maximum Gasteiger partial charge on any atom is 0.312 e. The second-order valence-electron chi connectivity index (χ2n) is 3.58. The Morgan fingerprint density at radius 2 is 1.93 bits per heavy atom. The van der Waals surface area contributed by atoms with E-state index in [9.17, 15) is 4.79 Å². The van der Waals surface area contributed by atoms with Gasteiger partial charge in [0.25, 0.3) is 0 Å². The predicted molar refractivity (Wildman–Crippen MR) is 55.1 cm³/mol. The summed E-state index contributed by atoms with van der Waals surface area (Å²) in [6.45, 7) is 0. The van der Waals surface area contributed by atoms with E-state index in [1.807, 2.05) is 24.3 Å². The Morgan fingerprint density at radius 3 is 2.36 bits per heavy atom. The Labute approximate surface area is 87.2 Å². The van der Waals surface area contributed by atoms with E-state index in [4.69, 9.17) is 17.3 Å². The summed E-state index contributed by atoms with van der Waals surface area (Å²) in [6.07, 6.45) is 1.88. The summed E-state index contributed by atoms with van der Waals surface area (Å²) >= 11 is 5.78. The number of primary amides is 1. The van der Waals surface area contributed by atoms with Gasteiger partial charge in [-0.2, -0.15) is 0 Å². The van der Waals surface area contributed by atoms with Gasteiger partial charge in [0.15, 0.2) is 0 Å². The molecular weight excluding hydrogens is 200 g/mol. The van der Waals surface area contributed by atoms with Crippen LogP contribution < -0.4 is 11.1 Å². The molecule has 1 aliphatic carbocycles. The molecule has 2 amide bonds. The normalized spacial score (nSPS) is 17.5. The standard InChI is InChI=1S/C10H11ClN2O/c11-8-3-1-7(2-4-8)10(5-6-10)13-9(12)14/h1-4H,5-6H2,(H3,12,13,14). The molecule has 3 nitrogen and oxygen atoms in total. The highest BCUT2D eigenvalue weighted by Gasteiger charge is 2.45. The first-order valence-corrected chi connectivity index (χ1v) is 4.84. The Balaban J connectivity index is 2.22. The highest BCUT2D eigenvalue weighted by molar-refractivity contribution is 6.30. The fraction of sp³-hybridized carbons (Fsp3) is 0.300. The van der Waals surface area contributed by atoms with Crippen LogP contribution in [0.15, 0.2) is 24.3 Å². The van der Waals surface area contributed by atoms with Gasteiger partial charge < -0.3 is 11.1 Å². The number of hydrogen-bond acceptors (Lipinski definition) is 1. The maximum absolute atomic E-state index is 10.8. The van der Waals surface area contributed by atoms with Gasteiger partial charge in [-0.1, -0.05) is 23.7 Å². The molecule has 1 aromatic rings. The molecule has 0 unspecified atom stereocenters. The summed E-state index contributed by atoms with van der Waals surface area (Å²) in [5.41, 5.74) is 5.95. The van der Waals surface area contributed by atoms with E-state index in [0.717, 1.165) is 18.4 Å². The van der Waals surface area contributed by atoms with Crippen molar-refractivity contribution < 1.29 is 4.79 Å². The highest BCUT2D eigenvalue weighted by Crippen LogP contribution is 2.45. The molecule has 74 valence electrons. The smallest absolute Gasteiger partial charge is 0.312 e. The van der Waals surface area contributed by atoms with E-state index in [0.29, 0.717) is 5.02 Å². The third-order valence-corrected chi connectivity index (χ3v) is 2.76. The molecule has 0 aliphatic heterocycles. The van der Waals surface area contributed by atoms with Gasteiger partial charge in [-0.3, -0.25) is 0 Å².